The van der Waals surface area contributed by atoms with Crippen LogP contribution in [-0.4, -0.2) is 56.8 Å². The van der Waals surface area contributed by atoms with E-state index in [1.807, 2.05) is 0 Å². The standard InChI is InChI=1S/C25H22F3N5O3/c1-16-30-19(15-35-16)14-32-8-10-33(11-9-32)24(34)22-5-2-17-12-20(4-6-21(17)31-22)36-23-7-3-18(13-29-23)25(26,27)28/h2-7,12-13,15H,8-11,14H2,1H3. The van der Waals surface area contributed by atoms with Gasteiger partial charge in [-0.3, -0.25) is 9.69 Å². The minimum atomic E-state index is -4.46. The highest BCUT2D eigenvalue weighted by Crippen LogP contribution is 2.30. The zero-order valence-electron chi connectivity index (χ0n) is 19.3. The monoisotopic (exact) mass is 497 g/mol. The highest BCUT2D eigenvalue weighted by molar-refractivity contribution is 5.95. The molecule has 1 saturated heterocycles. The average Bonchev–Trinajstić information content (AvgIpc) is 3.28. The number of fused-ring (bicyclic) bond motifs is 1. The first-order valence-corrected chi connectivity index (χ1v) is 11.3. The van der Waals surface area contributed by atoms with Crippen LogP contribution in [0.25, 0.3) is 10.9 Å². The summed E-state index contributed by atoms with van der Waals surface area (Å²) in [7, 11) is 0. The van der Waals surface area contributed by atoms with Crippen LogP contribution in [0.3, 0.4) is 0 Å². The number of benzene rings is 1. The molecule has 1 aromatic carbocycles. The molecule has 186 valence electrons. The minimum Gasteiger partial charge on any atom is -0.449 e. The Labute approximate surface area is 204 Å². The van der Waals surface area contributed by atoms with Crippen LogP contribution in [0.1, 0.15) is 27.6 Å². The molecule has 0 aliphatic carbocycles. The van der Waals surface area contributed by atoms with Crippen LogP contribution in [0.15, 0.2) is 59.3 Å². The van der Waals surface area contributed by atoms with Crippen molar-refractivity contribution in [2.75, 3.05) is 26.2 Å². The van der Waals surface area contributed by atoms with Gasteiger partial charge in [0.2, 0.25) is 5.88 Å². The number of pyridine rings is 2. The van der Waals surface area contributed by atoms with Gasteiger partial charge in [-0.2, -0.15) is 13.2 Å². The molecule has 1 aliphatic rings. The molecule has 0 spiro atoms. The van der Waals surface area contributed by atoms with Crippen molar-refractivity contribution in [2.24, 2.45) is 0 Å². The molecule has 0 unspecified atom stereocenters. The molecule has 0 radical (unpaired) electrons. The van der Waals surface area contributed by atoms with Crippen molar-refractivity contribution in [3.63, 3.8) is 0 Å². The second kappa shape index (κ2) is 9.57. The number of nitrogens with zero attached hydrogens (tertiary/aromatic N) is 5. The van der Waals surface area contributed by atoms with E-state index < -0.39 is 11.7 Å². The molecule has 4 heterocycles. The molecule has 3 aromatic heterocycles. The summed E-state index contributed by atoms with van der Waals surface area (Å²) in [4.78, 5) is 29.6. The molecular formula is C25H22F3N5O3. The lowest BCUT2D eigenvalue weighted by Gasteiger charge is -2.34. The molecule has 0 N–H and O–H groups in total. The van der Waals surface area contributed by atoms with E-state index in [0.717, 1.165) is 36.4 Å². The van der Waals surface area contributed by atoms with E-state index in [1.165, 1.54) is 6.07 Å². The number of amides is 1. The summed E-state index contributed by atoms with van der Waals surface area (Å²) in [5.74, 6) is 0.938. The van der Waals surface area contributed by atoms with Gasteiger partial charge in [-0.05, 0) is 30.3 Å². The molecule has 5 rings (SSSR count). The number of alkyl halides is 3. The van der Waals surface area contributed by atoms with Crippen LogP contribution in [0, 0.1) is 6.92 Å². The number of rotatable bonds is 5. The third-order valence-corrected chi connectivity index (χ3v) is 5.88. The second-order valence-corrected chi connectivity index (χ2v) is 8.46. The van der Waals surface area contributed by atoms with Gasteiger partial charge in [0.05, 0.1) is 16.8 Å². The predicted molar refractivity (Wildman–Crippen MR) is 123 cm³/mol. The van der Waals surface area contributed by atoms with E-state index >= 15 is 0 Å². The fraction of sp³-hybridized carbons (Fsp3) is 0.280. The first-order chi connectivity index (χ1) is 17.2. The van der Waals surface area contributed by atoms with Crippen LogP contribution in [-0.2, 0) is 12.7 Å². The fourth-order valence-electron chi connectivity index (χ4n) is 4.00. The van der Waals surface area contributed by atoms with Gasteiger partial charge < -0.3 is 14.1 Å². The van der Waals surface area contributed by atoms with Gasteiger partial charge in [-0.25, -0.2) is 15.0 Å². The van der Waals surface area contributed by atoms with Gasteiger partial charge in [-0.1, -0.05) is 6.07 Å². The molecule has 0 saturated carbocycles. The van der Waals surface area contributed by atoms with Crippen LogP contribution < -0.4 is 4.74 Å². The van der Waals surface area contributed by atoms with Crippen molar-refractivity contribution in [1.29, 1.82) is 0 Å². The smallest absolute Gasteiger partial charge is 0.417 e. The maximum Gasteiger partial charge on any atom is 0.417 e. The number of hydrogen-bond acceptors (Lipinski definition) is 7. The Balaban J connectivity index is 1.22. The molecule has 11 heteroatoms. The normalized spacial score (nSPS) is 14.8. The second-order valence-electron chi connectivity index (χ2n) is 8.46. The molecule has 0 atom stereocenters. The van der Waals surface area contributed by atoms with E-state index in [2.05, 4.69) is 19.9 Å². The third kappa shape index (κ3) is 5.30. The summed E-state index contributed by atoms with van der Waals surface area (Å²) in [6.07, 6.45) is -2.08. The summed E-state index contributed by atoms with van der Waals surface area (Å²) in [6, 6.07) is 10.5. The average molecular weight is 497 g/mol. The van der Waals surface area contributed by atoms with Crippen LogP contribution in [0.2, 0.25) is 0 Å². The van der Waals surface area contributed by atoms with Crippen LogP contribution in [0.5, 0.6) is 11.6 Å². The Morgan fingerprint density at radius 1 is 1.06 bits per heavy atom. The molecule has 36 heavy (non-hydrogen) atoms. The number of carbonyl (C=O) groups excluding carboxylic acids is 1. The Morgan fingerprint density at radius 2 is 1.86 bits per heavy atom. The Kier molecular flexibility index (Phi) is 6.31. The quantitative estimate of drug-likeness (QED) is 0.395. The van der Waals surface area contributed by atoms with E-state index in [1.54, 1.807) is 48.4 Å². The number of carbonyl (C=O) groups is 1. The Bertz CT molecular complexity index is 1380. The summed E-state index contributed by atoms with van der Waals surface area (Å²) in [6.45, 7) is 5.11. The summed E-state index contributed by atoms with van der Waals surface area (Å²) >= 11 is 0. The van der Waals surface area contributed by atoms with Crippen molar-refractivity contribution >= 4 is 16.8 Å². The van der Waals surface area contributed by atoms with Gasteiger partial charge in [0, 0.05) is 57.3 Å². The zero-order valence-corrected chi connectivity index (χ0v) is 19.3. The third-order valence-electron chi connectivity index (χ3n) is 5.88. The van der Waals surface area contributed by atoms with Gasteiger partial charge in [-0.15, -0.1) is 0 Å². The lowest BCUT2D eigenvalue weighted by atomic mass is 10.1. The van der Waals surface area contributed by atoms with Crippen LogP contribution >= 0.6 is 0 Å². The number of piperazine rings is 1. The lowest BCUT2D eigenvalue weighted by Crippen LogP contribution is -2.48. The number of halogens is 3. The highest BCUT2D eigenvalue weighted by Gasteiger charge is 2.30. The molecule has 1 aliphatic heterocycles. The summed E-state index contributed by atoms with van der Waals surface area (Å²) < 4.78 is 49.0. The lowest BCUT2D eigenvalue weighted by molar-refractivity contribution is -0.137. The maximum atomic E-state index is 13.0. The van der Waals surface area contributed by atoms with E-state index in [-0.39, 0.29) is 11.8 Å². The van der Waals surface area contributed by atoms with Gasteiger partial charge in [0.1, 0.15) is 17.7 Å². The van der Waals surface area contributed by atoms with Crippen molar-refractivity contribution in [1.82, 2.24) is 24.8 Å². The number of aryl methyl sites for hydroxylation is 1. The zero-order chi connectivity index (χ0) is 25.3. The molecular weight excluding hydrogens is 475 g/mol. The van der Waals surface area contributed by atoms with E-state index in [4.69, 9.17) is 9.15 Å². The number of ether oxygens (including phenoxy) is 1. The molecule has 0 bridgehead atoms. The van der Waals surface area contributed by atoms with Crippen LogP contribution in [0.4, 0.5) is 13.2 Å². The minimum absolute atomic E-state index is 0.0416. The first kappa shape index (κ1) is 23.7. The van der Waals surface area contributed by atoms with Crippen molar-refractivity contribution in [2.45, 2.75) is 19.6 Å². The van der Waals surface area contributed by atoms with E-state index in [0.29, 0.717) is 42.5 Å². The molecule has 4 aromatic rings. The maximum absolute atomic E-state index is 13.0. The number of oxazole rings is 1. The molecule has 1 fully saturated rings. The number of aromatic nitrogens is 3. The van der Waals surface area contributed by atoms with Gasteiger partial charge in [0.15, 0.2) is 5.89 Å². The van der Waals surface area contributed by atoms with Gasteiger partial charge in [0.25, 0.3) is 5.91 Å². The Morgan fingerprint density at radius 3 is 2.53 bits per heavy atom. The van der Waals surface area contributed by atoms with Crippen molar-refractivity contribution < 1.29 is 27.1 Å². The highest BCUT2D eigenvalue weighted by atomic mass is 19.4. The molecule has 1 amide bonds. The summed E-state index contributed by atoms with van der Waals surface area (Å²) in [5, 5.41) is 0.726. The van der Waals surface area contributed by atoms with E-state index in [9.17, 15) is 18.0 Å². The van der Waals surface area contributed by atoms with Crippen molar-refractivity contribution in [3.05, 3.63) is 77.8 Å². The van der Waals surface area contributed by atoms with Gasteiger partial charge >= 0.3 is 6.18 Å². The molecule has 8 nitrogen and oxygen atoms in total. The predicted octanol–water partition coefficient (Wildman–Crippen LogP) is 4.70. The number of hydrogen-bond donors (Lipinski definition) is 0. The van der Waals surface area contributed by atoms with Crippen molar-refractivity contribution in [3.8, 4) is 11.6 Å². The first-order valence-electron chi connectivity index (χ1n) is 11.3. The topological polar surface area (TPSA) is 84.6 Å². The summed E-state index contributed by atoms with van der Waals surface area (Å²) in [5.41, 5.74) is 0.983. The largest absolute Gasteiger partial charge is 0.449 e. The SMILES string of the molecule is Cc1nc(CN2CCN(C(=O)c3ccc4cc(Oc5ccc(C(F)(F)F)cn5)ccc4n3)CC2)co1. The Hall–Kier alpha value is -3.99. The fourth-order valence-corrected chi connectivity index (χ4v) is 4.00.